The lowest BCUT2D eigenvalue weighted by atomic mass is 11.6. The molecule has 3 N–H and O–H groups in total. The minimum atomic E-state index is -5.10. The van der Waals surface area contributed by atoms with Gasteiger partial charge in [0.05, 0.1) is 0 Å². The summed E-state index contributed by atoms with van der Waals surface area (Å²) in [5, 5.41) is 25.7. The molecule has 0 aliphatic rings. The molecule has 0 amide bonds. The Bertz CT molecular complexity index is 486. The van der Waals surface area contributed by atoms with E-state index in [1.54, 1.807) is 0 Å². The highest BCUT2D eigenvalue weighted by atomic mass is 32.3. The van der Waals surface area contributed by atoms with Crippen LogP contribution in [0.25, 0.3) is 0 Å². The Kier molecular flexibility index (Phi) is 4.67. The smallest absolute Gasteiger partial charge is 0.349 e. The standard InChI is InChI=1S/C4H12NO9S3/c1-5(15(9,10)2-6,16(11,12)3-7)17(13,14)4-8/h6-8H,2-4H2,1H3/q+1. The maximum absolute atomic E-state index is 11.4. The van der Waals surface area contributed by atoms with Gasteiger partial charge >= 0.3 is 30.1 Å². The van der Waals surface area contributed by atoms with Crippen molar-refractivity contribution in [2.75, 3.05) is 24.9 Å². The van der Waals surface area contributed by atoms with Crippen molar-refractivity contribution in [1.82, 2.24) is 0 Å². The average molecular weight is 314 g/mol. The maximum atomic E-state index is 11.4. The molecule has 0 radical (unpaired) electrons. The summed E-state index contributed by atoms with van der Waals surface area (Å²) < 4.78 is 65.5. The average Bonchev–Trinajstić information content (AvgIpc) is 2.27. The summed E-state index contributed by atoms with van der Waals surface area (Å²) in [6.45, 7) is 0. The van der Waals surface area contributed by atoms with Crippen molar-refractivity contribution in [2.24, 2.45) is 0 Å². The Balaban J connectivity index is 6.53. The molecular weight excluding hydrogens is 302 g/mol. The van der Waals surface area contributed by atoms with Crippen molar-refractivity contribution in [3.8, 4) is 0 Å². The van der Waals surface area contributed by atoms with Crippen LogP contribution in [-0.4, -0.2) is 68.1 Å². The second-order valence-corrected chi connectivity index (χ2v) is 10.1. The van der Waals surface area contributed by atoms with Crippen molar-refractivity contribution < 1.29 is 43.3 Å². The van der Waals surface area contributed by atoms with Gasteiger partial charge in [0, 0.05) is 0 Å². The second-order valence-electron chi connectivity index (χ2n) is 2.90. The third-order valence-electron chi connectivity index (χ3n) is 2.01. The van der Waals surface area contributed by atoms with E-state index < -0.39 is 50.6 Å². The van der Waals surface area contributed by atoms with Crippen molar-refractivity contribution in [1.29, 1.82) is 0 Å². The Morgan fingerprint density at radius 2 is 0.882 bits per heavy atom. The van der Waals surface area contributed by atoms with Gasteiger partial charge in [-0.25, -0.2) is 0 Å². The first-order valence-corrected chi connectivity index (χ1v) is 8.64. The predicted octanol–water partition coefficient (Wildman–Crippen LogP) is -3.73. The number of aliphatic hydroxyl groups excluding tert-OH is 3. The summed E-state index contributed by atoms with van der Waals surface area (Å²) >= 11 is 0. The van der Waals surface area contributed by atoms with E-state index in [1.165, 1.54) is 0 Å². The monoisotopic (exact) mass is 314 g/mol. The molecule has 0 atom stereocenters. The molecule has 0 aromatic heterocycles. The zero-order valence-electron chi connectivity index (χ0n) is 8.58. The van der Waals surface area contributed by atoms with E-state index in [-0.39, 0.29) is 7.05 Å². The summed E-state index contributed by atoms with van der Waals surface area (Å²) in [5.74, 6) is -5.37. The Labute approximate surface area is 98.5 Å². The molecule has 0 rings (SSSR count). The lowest BCUT2D eigenvalue weighted by molar-refractivity contribution is -0.496. The number of hydrogen-bond donors (Lipinski definition) is 3. The largest absolute Gasteiger partial charge is 0.376 e. The van der Waals surface area contributed by atoms with Crippen LogP contribution in [0.15, 0.2) is 0 Å². The predicted molar refractivity (Wildman–Crippen MR) is 54.2 cm³/mol. The molecule has 0 aliphatic heterocycles. The van der Waals surface area contributed by atoms with Gasteiger partial charge in [-0.15, -0.1) is 0 Å². The summed E-state index contributed by atoms with van der Waals surface area (Å²) in [4.78, 5) is 0. The van der Waals surface area contributed by atoms with Gasteiger partial charge in [0.25, 0.3) is 0 Å². The van der Waals surface area contributed by atoms with E-state index in [4.69, 9.17) is 15.3 Å². The van der Waals surface area contributed by atoms with Gasteiger partial charge in [-0.2, -0.15) is 25.3 Å². The van der Waals surface area contributed by atoms with Crippen LogP contribution < -0.4 is 0 Å². The summed E-state index contributed by atoms with van der Waals surface area (Å²) in [7, 11) is -15.1. The van der Waals surface area contributed by atoms with Crippen LogP contribution in [0.5, 0.6) is 0 Å². The highest BCUT2D eigenvalue weighted by Gasteiger charge is 2.59. The molecule has 10 nitrogen and oxygen atoms in total. The van der Waals surface area contributed by atoms with Crippen molar-refractivity contribution in [2.45, 2.75) is 0 Å². The zero-order valence-corrected chi connectivity index (χ0v) is 11.0. The van der Waals surface area contributed by atoms with Crippen LogP contribution in [0.3, 0.4) is 0 Å². The van der Waals surface area contributed by atoms with E-state index in [1.807, 2.05) is 0 Å². The lowest BCUT2D eigenvalue weighted by Crippen LogP contribution is -2.59. The van der Waals surface area contributed by atoms with E-state index in [0.717, 1.165) is 0 Å². The van der Waals surface area contributed by atoms with Crippen molar-refractivity contribution in [3.05, 3.63) is 0 Å². The van der Waals surface area contributed by atoms with Crippen molar-refractivity contribution >= 4 is 30.1 Å². The second kappa shape index (κ2) is 4.75. The molecule has 0 aliphatic carbocycles. The number of nitrogens with zero attached hydrogens (tertiary/aromatic N) is 1. The van der Waals surface area contributed by atoms with Gasteiger partial charge < -0.3 is 15.3 Å². The first-order valence-electron chi connectivity index (χ1n) is 3.81. The lowest BCUT2D eigenvalue weighted by Gasteiger charge is -2.27. The van der Waals surface area contributed by atoms with Crippen molar-refractivity contribution in [3.63, 3.8) is 0 Å². The molecular formula is C4H12NO9S3+. The molecule has 0 aromatic rings. The topological polar surface area (TPSA) is 163 Å². The Morgan fingerprint density at radius 1 is 0.706 bits per heavy atom. The molecule has 0 unspecified atom stereocenters. The maximum Gasteiger partial charge on any atom is 0.349 e. The van der Waals surface area contributed by atoms with Crippen LogP contribution in [0.2, 0.25) is 0 Å². The molecule has 0 bridgehead atoms. The number of sulfonamides is 3. The van der Waals surface area contributed by atoms with Crippen LogP contribution in [0, 0.1) is 0 Å². The highest BCUT2D eigenvalue weighted by Crippen LogP contribution is 2.26. The minimum absolute atomic E-state index is 0.225. The third-order valence-corrected chi connectivity index (χ3v) is 10.1. The van der Waals surface area contributed by atoms with Gasteiger partial charge in [0.2, 0.25) is 0 Å². The van der Waals surface area contributed by atoms with Gasteiger partial charge in [0.1, 0.15) is 7.05 Å². The molecule has 0 fully saturated rings. The molecule has 0 aromatic carbocycles. The fraction of sp³-hybridized carbons (Fsp3) is 1.00. The van der Waals surface area contributed by atoms with Crippen LogP contribution >= 0.6 is 0 Å². The SMILES string of the molecule is C[N+](S(=O)(=O)CO)(S(=O)(=O)CO)S(=O)(=O)CO. The summed E-state index contributed by atoms with van der Waals surface area (Å²) in [6.07, 6.45) is 0. The molecule has 17 heavy (non-hydrogen) atoms. The van der Waals surface area contributed by atoms with Gasteiger partial charge in [-0.05, 0) is 2.70 Å². The fourth-order valence-electron chi connectivity index (χ4n) is 0.834. The van der Waals surface area contributed by atoms with E-state index in [9.17, 15) is 25.3 Å². The highest BCUT2D eigenvalue weighted by molar-refractivity contribution is 8.09. The van der Waals surface area contributed by atoms with E-state index in [2.05, 4.69) is 0 Å². The van der Waals surface area contributed by atoms with Gasteiger partial charge in [-0.3, -0.25) is 0 Å². The summed E-state index contributed by atoms with van der Waals surface area (Å²) in [5.41, 5.74) is 0. The van der Waals surface area contributed by atoms with Crippen LogP contribution in [-0.2, 0) is 30.1 Å². The number of quaternary nitrogens is 1. The first kappa shape index (κ1) is 16.7. The molecule has 0 heterocycles. The fourth-order valence-corrected chi connectivity index (χ4v) is 6.46. The van der Waals surface area contributed by atoms with Gasteiger partial charge in [-0.1, -0.05) is 0 Å². The molecule has 0 spiro atoms. The quantitative estimate of drug-likeness (QED) is 0.418. The number of aliphatic hydroxyl groups is 3. The van der Waals surface area contributed by atoms with E-state index >= 15 is 0 Å². The Morgan fingerprint density at radius 3 is 1.00 bits per heavy atom. The molecule has 0 saturated carbocycles. The van der Waals surface area contributed by atoms with Gasteiger partial charge in [0.15, 0.2) is 17.8 Å². The zero-order chi connectivity index (χ0) is 14.1. The normalized spacial score (nSPS) is 14.8. The number of rotatable bonds is 6. The van der Waals surface area contributed by atoms with Crippen LogP contribution in [0.4, 0.5) is 0 Å². The Hall–Kier alpha value is -0.310. The van der Waals surface area contributed by atoms with Crippen LogP contribution in [0.1, 0.15) is 0 Å². The first-order chi connectivity index (χ1) is 7.43. The molecule has 104 valence electrons. The number of hydrogen-bond acceptors (Lipinski definition) is 9. The minimum Gasteiger partial charge on any atom is -0.376 e. The van der Waals surface area contributed by atoms with E-state index in [0.29, 0.717) is 0 Å². The summed E-state index contributed by atoms with van der Waals surface area (Å²) in [6, 6.07) is 0. The molecule has 13 heteroatoms. The third kappa shape index (κ3) is 2.31. The molecule has 0 saturated heterocycles.